The van der Waals surface area contributed by atoms with E-state index in [-0.39, 0.29) is 25.5 Å². The van der Waals surface area contributed by atoms with Crippen LogP contribution >= 0.6 is 0 Å². The van der Waals surface area contributed by atoms with Crippen LogP contribution in [0.2, 0.25) is 0 Å². The third-order valence-electron chi connectivity index (χ3n) is 2.73. The van der Waals surface area contributed by atoms with Crippen molar-refractivity contribution in [1.29, 1.82) is 0 Å². The molecule has 0 unspecified atom stereocenters. The summed E-state index contributed by atoms with van der Waals surface area (Å²) in [6, 6.07) is 0. The van der Waals surface area contributed by atoms with Gasteiger partial charge in [-0.2, -0.15) is 8.42 Å². The fourth-order valence-electron chi connectivity index (χ4n) is 1.75. The van der Waals surface area contributed by atoms with Gasteiger partial charge in [0, 0.05) is 12.7 Å². The first-order valence-corrected chi connectivity index (χ1v) is 10.5. The molecule has 0 spiro atoms. The van der Waals surface area contributed by atoms with E-state index in [2.05, 4.69) is 11.1 Å². The normalized spacial score (nSPS) is 10.2. The first-order valence-electron chi connectivity index (χ1n) is 9.11. The highest BCUT2D eigenvalue weighted by Gasteiger charge is 2.02. The van der Waals surface area contributed by atoms with Gasteiger partial charge in [0.15, 0.2) is 0 Å². The molecule has 0 aromatic heterocycles. The van der Waals surface area contributed by atoms with Gasteiger partial charge in [-0.05, 0) is 27.2 Å². The monoisotopic (exact) mass is 389 g/mol. The van der Waals surface area contributed by atoms with Gasteiger partial charge in [0.2, 0.25) is 0 Å². The number of hydrogen-bond acceptors (Lipinski definition) is 6. The maximum atomic E-state index is 10.2. The van der Waals surface area contributed by atoms with Crippen molar-refractivity contribution in [1.82, 2.24) is 6.15 Å². The topological polar surface area (TPSA) is 139 Å². The molecule has 0 radical (unpaired) electrons. The molecule has 0 rings (SSSR count). The Hall–Kier alpha value is -0.250. The molecule has 0 aliphatic heterocycles. The lowest BCUT2D eigenvalue weighted by molar-refractivity contribution is 0.216. The molecule has 6 N–H and O–H groups in total. The first kappa shape index (κ1) is 32.4. The number of aliphatic hydroxyl groups is 2. The van der Waals surface area contributed by atoms with Crippen molar-refractivity contribution >= 4 is 10.4 Å². The Balaban J connectivity index is -0.000000235. The van der Waals surface area contributed by atoms with E-state index in [0.717, 1.165) is 12.8 Å². The second-order valence-electron chi connectivity index (χ2n) is 5.84. The van der Waals surface area contributed by atoms with E-state index in [9.17, 15) is 8.42 Å². The summed E-state index contributed by atoms with van der Waals surface area (Å²) in [7, 11) is -4.23. The summed E-state index contributed by atoms with van der Waals surface area (Å²) in [6.07, 6.45) is 11.7. The molecular formula is C17H43NO6S. The van der Waals surface area contributed by atoms with Crippen molar-refractivity contribution in [2.75, 3.05) is 13.2 Å². The van der Waals surface area contributed by atoms with Crippen LogP contribution in [0.1, 0.15) is 91.9 Å². The third-order valence-corrected chi connectivity index (χ3v) is 3.19. The van der Waals surface area contributed by atoms with Crippen molar-refractivity contribution < 1.29 is 27.4 Å². The molecule has 0 aromatic carbocycles. The van der Waals surface area contributed by atoms with Crippen LogP contribution in [-0.4, -0.2) is 42.5 Å². The summed E-state index contributed by atoms with van der Waals surface area (Å²) in [6.45, 7) is 7.68. The smallest absolute Gasteiger partial charge is 0.397 e. The van der Waals surface area contributed by atoms with E-state index in [1.807, 2.05) is 0 Å². The van der Waals surface area contributed by atoms with Crippen molar-refractivity contribution in [3.05, 3.63) is 0 Å². The summed E-state index contributed by atoms with van der Waals surface area (Å²) in [4.78, 5) is 0. The Bertz CT molecular complexity index is 308. The zero-order chi connectivity index (χ0) is 19.3. The maximum absolute atomic E-state index is 10.2. The van der Waals surface area contributed by atoms with Crippen molar-refractivity contribution in [3.63, 3.8) is 0 Å². The molecule has 0 aliphatic rings. The quantitative estimate of drug-likeness (QED) is 0.288. The SMILES string of the molecule is CC(C)O.CCCCCCCCCCCCOS(=O)(=O)O.CCO.N. The zero-order valence-electron chi connectivity index (χ0n) is 16.7. The third kappa shape index (κ3) is 59.4. The number of unbranched alkanes of at least 4 members (excludes halogenated alkanes) is 9. The number of rotatable bonds is 12. The summed E-state index contributed by atoms with van der Waals surface area (Å²) in [5.41, 5.74) is 0. The molecule has 0 fully saturated rings. The zero-order valence-corrected chi connectivity index (χ0v) is 17.6. The van der Waals surface area contributed by atoms with Crippen LogP contribution in [-0.2, 0) is 14.6 Å². The molecule has 0 aliphatic carbocycles. The molecule has 25 heavy (non-hydrogen) atoms. The molecule has 0 bridgehead atoms. The van der Waals surface area contributed by atoms with Crippen LogP contribution in [0.25, 0.3) is 0 Å². The second kappa shape index (κ2) is 26.0. The Kier molecular flexibility index (Phi) is 33.7. The standard InChI is InChI=1S/C12H26O4S.C3H8O.C2H6O.H3N/c1-2-3-4-5-6-7-8-9-10-11-12-16-17(13,14)15;1-3(2)4;1-2-3;/h2-12H2,1H3,(H,13,14,15);3-4H,1-2H3;3H,2H2,1H3;1H3. The van der Waals surface area contributed by atoms with Crippen LogP contribution in [0.15, 0.2) is 0 Å². The minimum atomic E-state index is -4.23. The molecule has 0 heterocycles. The van der Waals surface area contributed by atoms with E-state index in [1.165, 1.54) is 44.9 Å². The van der Waals surface area contributed by atoms with Gasteiger partial charge in [-0.25, -0.2) is 4.18 Å². The maximum Gasteiger partial charge on any atom is 0.397 e. The average Bonchev–Trinajstić information content (AvgIpc) is 2.44. The molecule has 0 saturated heterocycles. The van der Waals surface area contributed by atoms with Crippen LogP contribution in [0.3, 0.4) is 0 Å². The highest BCUT2D eigenvalue weighted by molar-refractivity contribution is 7.80. The summed E-state index contributed by atoms with van der Waals surface area (Å²) in [5, 5.41) is 15.6. The van der Waals surface area contributed by atoms with E-state index in [4.69, 9.17) is 14.8 Å². The van der Waals surface area contributed by atoms with Gasteiger partial charge < -0.3 is 16.4 Å². The van der Waals surface area contributed by atoms with Gasteiger partial charge in [0.25, 0.3) is 0 Å². The molecule has 0 saturated carbocycles. The minimum Gasteiger partial charge on any atom is -0.397 e. The molecule has 0 aromatic rings. The van der Waals surface area contributed by atoms with Gasteiger partial charge in [-0.3, -0.25) is 4.55 Å². The van der Waals surface area contributed by atoms with E-state index >= 15 is 0 Å². The Labute approximate surface area is 155 Å². The van der Waals surface area contributed by atoms with Crippen LogP contribution < -0.4 is 6.15 Å². The number of hydrogen-bond donors (Lipinski definition) is 4. The van der Waals surface area contributed by atoms with Crippen LogP contribution in [0.4, 0.5) is 0 Å². The average molecular weight is 390 g/mol. The first-order chi connectivity index (χ1) is 11.2. The lowest BCUT2D eigenvalue weighted by atomic mass is 10.1. The largest absolute Gasteiger partial charge is 0.397 e. The molecule has 8 heteroatoms. The molecule has 158 valence electrons. The summed E-state index contributed by atoms with van der Waals surface area (Å²) >= 11 is 0. The van der Waals surface area contributed by atoms with Crippen molar-refractivity contribution in [3.8, 4) is 0 Å². The Morgan fingerprint density at radius 1 is 0.840 bits per heavy atom. The van der Waals surface area contributed by atoms with Crippen molar-refractivity contribution in [2.45, 2.75) is 98.0 Å². The van der Waals surface area contributed by atoms with Crippen molar-refractivity contribution in [2.24, 2.45) is 0 Å². The van der Waals surface area contributed by atoms with Gasteiger partial charge in [-0.15, -0.1) is 0 Å². The van der Waals surface area contributed by atoms with E-state index < -0.39 is 10.4 Å². The van der Waals surface area contributed by atoms with Gasteiger partial charge >= 0.3 is 10.4 Å². The molecule has 0 amide bonds. The lowest BCUT2D eigenvalue weighted by Crippen LogP contribution is -2.04. The van der Waals surface area contributed by atoms with Gasteiger partial charge in [0.1, 0.15) is 0 Å². The highest BCUT2D eigenvalue weighted by Crippen LogP contribution is 2.10. The predicted molar refractivity (Wildman–Crippen MR) is 104 cm³/mol. The minimum absolute atomic E-state index is 0. The second-order valence-corrected chi connectivity index (χ2v) is 6.93. The Morgan fingerprint density at radius 2 is 1.12 bits per heavy atom. The van der Waals surface area contributed by atoms with Gasteiger partial charge in [0.05, 0.1) is 6.61 Å². The molecule has 7 nitrogen and oxygen atoms in total. The fourth-order valence-corrected chi connectivity index (χ4v) is 2.08. The predicted octanol–water partition coefficient (Wildman–Crippen LogP) is 4.27. The highest BCUT2D eigenvalue weighted by atomic mass is 32.3. The van der Waals surface area contributed by atoms with Gasteiger partial charge in [-0.1, -0.05) is 64.7 Å². The molecular weight excluding hydrogens is 346 g/mol. The number of aliphatic hydroxyl groups excluding tert-OH is 2. The molecule has 0 atom stereocenters. The van der Waals surface area contributed by atoms with E-state index in [0.29, 0.717) is 6.42 Å². The van der Waals surface area contributed by atoms with E-state index in [1.54, 1.807) is 20.8 Å². The summed E-state index contributed by atoms with van der Waals surface area (Å²) < 4.78 is 33.0. The fraction of sp³-hybridized carbons (Fsp3) is 1.00. The van der Waals surface area contributed by atoms with Crippen LogP contribution in [0, 0.1) is 0 Å². The summed E-state index contributed by atoms with van der Waals surface area (Å²) in [5.74, 6) is 0. The Morgan fingerprint density at radius 3 is 1.40 bits per heavy atom. The van der Waals surface area contributed by atoms with Crippen LogP contribution in [0.5, 0.6) is 0 Å². The lowest BCUT2D eigenvalue weighted by Gasteiger charge is -2.02.